The quantitative estimate of drug-likeness (QED) is 0.739. The molecule has 0 radical (unpaired) electrons. The summed E-state index contributed by atoms with van der Waals surface area (Å²) in [7, 11) is 0. The second-order valence-electron chi connectivity index (χ2n) is 4.35. The molecular formula is C15H11BrClN3. The van der Waals surface area contributed by atoms with Crippen LogP contribution in [-0.2, 0) is 0 Å². The van der Waals surface area contributed by atoms with Crippen molar-refractivity contribution in [3.05, 3.63) is 64.1 Å². The molecule has 3 nitrogen and oxygen atoms in total. The van der Waals surface area contributed by atoms with Crippen molar-refractivity contribution in [2.24, 2.45) is 0 Å². The van der Waals surface area contributed by atoms with Gasteiger partial charge in [0, 0.05) is 21.1 Å². The highest BCUT2D eigenvalue weighted by atomic mass is 79.9. The van der Waals surface area contributed by atoms with Crippen molar-refractivity contribution in [1.82, 2.24) is 9.78 Å². The summed E-state index contributed by atoms with van der Waals surface area (Å²) in [6, 6.07) is 17.2. The number of hydrogen-bond donors (Lipinski definition) is 1. The molecule has 3 rings (SSSR count). The molecule has 0 bridgehead atoms. The molecule has 0 fully saturated rings. The third-order valence-corrected chi connectivity index (χ3v) is 3.69. The van der Waals surface area contributed by atoms with E-state index in [2.05, 4.69) is 21.0 Å². The third kappa shape index (κ3) is 2.57. The maximum absolute atomic E-state index is 6.04. The molecule has 20 heavy (non-hydrogen) atoms. The van der Waals surface area contributed by atoms with Crippen LogP contribution in [0.1, 0.15) is 0 Å². The lowest BCUT2D eigenvalue weighted by Gasteiger charge is -2.03. The van der Waals surface area contributed by atoms with Crippen LogP contribution in [0.3, 0.4) is 0 Å². The van der Waals surface area contributed by atoms with Crippen molar-refractivity contribution in [2.75, 3.05) is 5.73 Å². The van der Waals surface area contributed by atoms with Gasteiger partial charge in [0.15, 0.2) is 0 Å². The van der Waals surface area contributed by atoms with Crippen LogP contribution in [0.25, 0.3) is 16.9 Å². The number of anilines is 1. The second-order valence-corrected chi connectivity index (χ2v) is 5.71. The van der Waals surface area contributed by atoms with Crippen LogP contribution in [0.15, 0.2) is 59.1 Å². The minimum Gasteiger partial charge on any atom is -0.384 e. The molecule has 0 aliphatic rings. The summed E-state index contributed by atoms with van der Waals surface area (Å²) in [6.07, 6.45) is 0. The van der Waals surface area contributed by atoms with E-state index in [0.717, 1.165) is 21.4 Å². The SMILES string of the molecule is Nc1cc(-c2ccc(Br)cc2)nn1-c1cccc(Cl)c1. The van der Waals surface area contributed by atoms with Crippen LogP contribution in [0.2, 0.25) is 5.02 Å². The lowest BCUT2D eigenvalue weighted by molar-refractivity contribution is 0.895. The van der Waals surface area contributed by atoms with Crippen LogP contribution in [0.4, 0.5) is 5.82 Å². The number of halogens is 2. The van der Waals surface area contributed by atoms with Crippen molar-refractivity contribution < 1.29 is 0 Å². The number of nitrogens with two attached hydrogens (primary N) is 1. The Hall–Kier alpha value is -1.78. The first-order chi connectivity index (χ1) is 9.63. The topological polar surface area (TPSA) is 43.8 Å². The molecule has 1 aromatic heterocycles. The Balaban J connectivity index is 2.05. The van der Waals surface area contributed by atoms with Crippen LogP contribution in [-0.4, -0.2) is 9.78 Å². The van der Waals surface area contributed by atoms with Crippen molar-refractivity contribution in [1.29, 1.82) is 0 Å². The summed E-state index contributed by atoms with van der Waals surface area (Å²) in [5, 5.41) is 5.19. The molecule has 0 atom stereocenters. The van der Waals surface area contributed by atoms with Gasteiger partial charge in [0.25, 0.3) is 0 Å². The molecule has 2 N–H and O–H groups in total. The average molecular weight is 349 g/mol. The minimum atomic E-state index is 0.574. The third-order valence-electron chi connectivity index (χ3n) is 2.93. The highest BCUT2D eigenvalue weighted by Gasteiger charge is 2.09. The van der Waals surface area contributed by atoms with Gasteiger partial charge in [-0.2, -0.15) is 5.10 Å². The fraction of sp³-hybridized carbons (Fsp3) is 0. The summed E-state index contributed by atoms with van der Waals surface area (Å²) in [5.74, 6) is 0.574. The number of aromatic nitrogens is 2. The molecule has 1 heterocycles. The normalized spacial score (nSPS) is 10.7. The minimum absolute atomic E-state index is 0.574. The highest BCUT2D eigenvalue weighted by Crippen LogP contribution is 2.25. The zero-order valence-electron chi connectivity index (χ0n) is 10.4. The van der Waals surface area contributed by atoms with Crippen LogP contribution in [0.5, 0.6) is 0 Å². The number of benzene rings is 2. The summed E-state index contributed by atoms with van der Waals surface area (Å²) >= 11 is 9.42. The molecule has 2 aromatic carbocycles. The van der Waals surface area contributed by atoms with Gasteiger partial charge in [0.1, 0.15) is 5.82 Å². The van der Waals surface area contributed by atoms with E-state index >= 15 is 0 Å². The Labute approximate surface area is 130 Å². The molecule has 5 heteroatoms. The zero-order chi connectivity index (χ0) is 14.1. The Bertz CT molecular complexity index is 750. The summed E-state index contributed by atoms with van der Waals surface area (Å²) in [6.45, 7) is 0. The molecule has 3 aromatic rings. The molecule has 0 saturated carbocycles. The summed E-state index contributed by atoms with van der Waals surface area (Å²) in [5.41, 5.74) is 8.73. The van der Waals surface area contributed by atoms with Gasteiger partial charge in [-0.05, 0) is 30.3 Å². The second kappa shape index (κ2) is 5.31. The lowest BCUT2D eigenvalue weighted by atomic mass is 10.2. The lowest BCUT2D eigenvalue weighted by Crippen LogP contribution is -2.01. The van der Waals surface area contributed by atoms with Gasteiger partial charge >= 0.3 is 0 Å². The molecule has 0 saturated heterocycles. The Kier molecular flexibility index (Phi) is 3.51. The maximum Gasteiger partial charge on any atom is 0.127 e. The first-order valence-electron chi connectivity index (χ1n) is 6.01. The molecule has 0 aliphatic heterocycles. The number of hydrogen-bond acceptors (Lipinski definition) is 2. The number of nitrogen functional groups attached to an aromatic ring is 1. The fourth-order valence-corrected chi connectivity index (χ4v) is 2.42. The van der Waals surface area contributed by atoms with Crippen molar-refractivity contribution >= 4 is 33.3 Å². The number of nitrogens with zero attached hydrogens (tertiary/aromatic N) is 2. The first kappa shape index (κ1) is 13.2. The zero-order valence-corrected chi connectivity index (χ0v) is 12.8. The van der Waals surface area contributed by atoms with Crippen LogP contribution < -0.4 is 5.73 Å². The van der Waals surface area contributed by atoms with Crippen molar-refractivity contribution in [3.8, 4) is 16.9 Å². The highest BCUT2D eigenvalue weighted by molar-refractivity contribution is 9.10. The van der Waals surface area contributed by atoms with Gasteiger partial charge in [-0.15, -0.1) is 0 Å². The predicted octanol–water partition coefficient (Wildman–Crippen LogP) is 4.54. The Morgan fingerprint density at radius 3 is 2.50 bits per heavy atom. The predicted molar refractivity (Wildman–Crippen MR) is 86.1 cm³/mol. The standard InChI is InChI=1S/C15H11BrClN3/c16-11-6-4-10(5-7-11)14-9-15(18)20(19-14)13-3-1-2-12(17)8-13/h1-9H,18H2. The molecule has 0 unspecified atom stereocenters. The smallest absolute Gasteiger partial charge is 0.127 e. The van der Waals surface area contributed by atoms with Gasteiger partial charge < -0.3 is 5.73 Å². The Morgan fingerprint density at radius 1 is 1.05 bits per heavy atom. The van der Waals surface area contributed by atoms with Gasteiger partial charge in [-0.1, -0.05) is 45.7 Å². The molecule has 0 spiro atoms. The summed E-state index contributed by atoms with van der Waals surface area (Å²) < 4.78 is 2.71. The first-order valence-corrected chi connectivity index (χ1v) is 7.18. The van der Waals surface area contributed by atoms with E-state index in [1.165, 1.54) is 0 Å². The van der Waals surface area contributed by atoms with Gasteiger partial charge in [-0.25, -0.2) is 4.68 Å². The monoisotopic (exact) mass is 347 g/mol. The molecule has 0 aliphatic carbocycles. The van der Waals surface area contributed by atoms with Crippen molar-refractivity contribution in [3.63, 3.8) is 0 Å². The number of rotatable bonds is 2. The molecule has 100 valence electrons. The van der Waals surface area contributed by atoms with E-state index in [4.69, 9.17) is 17.3 Å². The van der Waals surface area contributed by atoms with E-state index in [1.807, 2.05) is 54.6 Å². The van der Waals surface area contributed by atoms with Gasteiger partial charge in [0.2, 0.25) is 0 Å². The molecule has 0 amide bonds. The Morgan fingerprint density at radius 2 is 1.80 bits per heavy atom. The average Bonchev–Trinajstić information content (AvgIpc) is 2.82. The van der Waals surface area contributed by atoms with Gasteiger partial charge in [-0.3, -0.25) is 0 Å². The maximum atomic E-state index is 6.04. The largest absolute Gasteiger partial charge is 0.384 e. The van der Waals surface area contributed by atoms with E-state index in [9.17, 15) is 0 Å². The fourth-order valence-electron chi connectivity index (χ4n) is 1.97. The van der Waals surface area contributed by atoms with Crippen LogP contribution >= 0.6 is 27.5 Å². The molecular weight excluding hydrogens is 338 g/mol. The summed E-state index contributed by atoms with van der Waals surface area (Å²) in [4.78, 5) is 0. The van der Waals surface area contributed by atoms with E-state index < -0.39 is 0 Å². The van der Waals surface area contributed by atoms with E-state index in [-0.39, 0.29) is 0 Å². The van der Waals surface area contributed by atoms with E-state index in [0.29, 0.717) is 10.8 Å². The van der Waals surface area contributed by atoms with E-state index in [1.54, 1.807) is 4.68 Å². The van der Waals surface area contributed by atoms with Gasteiger partial charge in [0.05, 0.1) is 11.4 Å². The van der Waals surface area contributed by atoms with Crippen molar-refractivity contribution in [2.45, 2.75) is 0 Å². The van der Waals surface area contributed by atoms with Crippen LogP contribution in [0, 0.1) is 0 Å².